The summed E-state index contributed by atoms with van der Waals surface area (Å²) in [5.41, 5.74) is 0.795. The number of hydrogen-bond acceptors (Lipinski definition) is 2. The molecule has 4 nitrogen and oxygen atoms in total. The van der Waals surface area contributed by atoms with Gasteiger partial charge in [0.25, 0.3) is 5.56 Å². The minimum Gasteiger partial charge on any atom is -0.478 e. The van der Waals surface area contributed by atoms with Crippen LogP contribution in [0.3, 0.4) is 0 Å². The number of aromatic amines is 1. The maximum Gasteiger partial charge on any atom is 0.336 e. The first kappa shape index (κ1) is 12.2. The Balaban J connectivity index is 2.64. The minimum atomic E-state index is -1.01. The van der Waals surface area contributed by atoms with Gasteiger partial charge < -0.3 is 10.1 Å². The molecule has 0 aliphatic carbocycles. The summed E-state index contributed by atoms with van der Waals surface area (Å²) in [4.78, 5) is 26.1. The van der Waals surface area contributed by atoms with Crippen LogP contribution in [0.4, 0.5) is 0 Å². The number of H-pyrrole nitrogens is 1. The van der Waals surface area contributed by atoms with Crippen molar-refractivity contribution in [2.75, 3.05) is 0 Å². The van der Waals surface area contributed by atoms with Gasteiger partial charge >= 0.3 is 5.97 Å². The molecule has 4 heteroatoms. The van der Waals surface area contributed by atoms with Crippen molar-refractivity contribution in [2.45, 2.75) is 0 Å². The normalized spacial score (nSPS) is 10.8. The fourth-order valence-electron chi connectivity index (χ4n) is 2.43. The Labute approximate surface area is 114 Å². The monoisotopic (exact) mass is 265 g/mol. The summed E-state index contributed by atoms with van der Waals surface area (Å²) < 4.78 is 0. The molecular weight excluding hydrogens is 254 g/mol. The lowest BCUT2D eigenvalue weighted by molar-refractivity contribution is 0.0699. The summed E-state index contributed by atoms with van der Waals surface area (Å²) in [6.45, 7) is 3.70. The molecule has 0 radical (unpaired) electrons. The lowest BCUT2D eigenvalue weighted by atomic mass is 9.96. The smallest absolute Gasteiger partial charge is 0.336 e. The number of hydrogen-bond donors (Lipinski definition) is 2. The van der Waals surface area contributed by atoms with Gasteiger partial charge in [-0.1, -0.05) is 24.8 Å². The Hall–Kier alpha value is -2.88. The molecule has 0 aliphatic rings. The van der Waals surface area contributed by atoms with E-state index in [-0.39, 0.29) is 11.1 Å². The molecule has 0 atom stereocenters. The van der Waals surface area contributed by atoms with Crippen LogP contribution in [-0.4, -0.2) is 16.1 Å². The van der Waals surface area contributed by atoms with Gasteiger partial charge in [-0.25, -0.2) is 4.79 Å². The fraction of sp³-hybridized carbons (Fsp3) is 0. The standard InChI is InChI=1S/C16H11NO3/c1-2-9-3-4-11-12(7-9)14-10(5-6-17-15(14)18)8-13(11)16(19)20/h2-8H,1H2,(H,17,18)(H,19,20). The van der Waals surface area contributed by atoms with Gasteiger partial charge in [-0.15, -0.1) is 0 Å². The average molecular weight is 265 g/mol. The van der Waals surface area contributed by atoms with Crippen molar-refractivity contribution in [2.24, 2.45) is 0 Å². The molecule has 0 spiro atoms. The van der Waals surface area contributed by atoms with Crippen molar-refractivity contribution in [1.29, 1.82) is 0 Å². The van der Waals surface area contributed by atoms with Gasteiger partial charge in [0.2, 0.25) is 0 Å². The Bertz CT molecular complexity index is 922. The van der Waals surface area contributed by atoms with Crippen molar-refractivity contribution in [3.05, 3.63) is 64.6 Å². The van der Waals surface area contributed by atoms with Gasteiger partial charge in [-0.05, 0) is 39.9 Å². The van der Waals surface area contributed by atoms with Crippen molar-refractivity contribution in [1.82, 2.24) is 4.98 Å². The maximum atomic E-state index is 12.0. The molecule has 1 aromatic heterocycles. The molecular formula is C16H11NO3. The molecule has 3 rings (SSSR count). The van der Waals surface area contributed by atoms with Gasteiger partial charge in [0, 0.05) is 6.20 Å². The van der Waals surface area contributed by atoms with Gasteiger partial charge in [0.15, 0.2) is 0 Å². The summed E-state index contributed by atoms with van der Waals surface area (Å²) in [5, 5.41) is 11.6. The summed E-state index contributed by atoms with van der Waals surface area (Å²) in [7, 11) is 0. The quantitative estimate of drug-likeness (QED) is 0.700. The highest BCUT2D eigenvalue weighted by atomic mass is 16.4. The van der Waals surface area contributed by atoms with Gasteiger partial charge in [-0.3, -0.25) is 4.79 Å². The Kier molecular flexibility index (Phi) is 2.64. The highest BCUT2D eigenvalue weighted by Crippen LogP contribution is 2.27. The summed E-state index contributed by atoms with van der Waals surface area (Å²) in [6.07, 6.45) is 3.18. The number of carboxylic acid groups (broad SMARTS) is 1. The van der Waals surface area contributed by atoms with Crippen molar-refractivity contribution in [3.63, 3.8) is 0 Å². The molecule has 2 N–H and O–H groups in total. The predicted molar refractivity (Wildman–Crippen MR) is 79.1 cm³/mol. The fourth-order valence-corrected chi connectivity index (χ4v) is 2.43. The van der Waals surface area contributed by atoms with E-state index in [2.05, 4.69) is 11.6 Å². The molecule has 2 aromatic carbocycles. The molecule has 1 heterocycles. The number of aromatic carboxylic acids is 1. The van der Waals surface area contributed by atoms with Crippen LogP contribution in [0.2, 0.25) is 0 Å². The number of carboxylic acids is 1. The number of nitrogens with one attached hydrogen (secondary N) is 1. The largest absolute Gasteiger partial charge is 0.478 e. The van der Waals surface area contributed by atoms with E-state index in [0.29, 0.717) is 21.5 Å². The Morgan fingerprint density at radius 2 is 2.00 bits per heavy atom. The van der Waals surface area contributed by atoms with E-state index < -0.39 is 5.97 Å². The third-order valence-corrected chi connectivity index (χ3v) is 3.36. The third-order valence-electron chi connectivity index (χ3n) is 3.36. The summed E-state index contributed by atoms with van der Waals surface area (Å²) in [5.74, 6) is -1.01. The van der Waals surface area contributed by atoms with E-state index in [0.717, 1.165) is 5.56 Å². The van der Waals surface area contributed by atoms with E-state index in [4.69, 9.17) is 0 Å². The van der Waals surface area contributed by atoms with Crippen LogP contribution in [0.15, 0.2) is 47.9 Å². The van der Waals surface area contributed by atoms with Crippen LogP contribution in [-0.2, 0) is 0 Å². The van der Waals surface area contributed by atoms with Crippen LogP contribution in [0.25, 0.3) is 27.6 Å². The number of aromatic nitrogens is 1. The van der Waals surface area contributed by atoms with E-state index in [1.165, 1.54) is 12.3 Å². The predicted octanol–water partition coefficient (Wildman–Crippen LogP) is 3.02. The van der Waals surface area contributed by atoms with Crippen LogP contribution in [0.5, 0.6) is 0 Å². The SMILES string of the molecule is C=Cc1ccc2c(C(=O)O)cc3cc[nH]c(=O)c3c2c1. The number of rotatable bonds is 2. The van der Waals surface area contributed by atoms with Crippen molar-refractivity contribution >= 4 is 33.6 Å². The number of fused-ring (bicyclic) bond motifs is 3. The number of carbonyl (C=O) groups is 1. The van der Waals surface area contributed by atoms with Crippen LogP contribution < -0.4 is 5.56 Å². The van der Waals surface area contributed by atoms with Gasteiger partial charge in [0.1, 0.15) is 0 Å². The second-order valence-corrected chi connectivity index (χ2v) is 4.51. The molecule has 0 fully saturated rings. The maximum absolute atomic E-state index is 12.0. The first-order chi connectivity index (χ1) is 9.61. The van der Waals surface area contributed by atoms with Crippen molar-refractivity contribution < 1.29 is 9.90 Å². The Morgan fingerprint density at radius 1 is 1.20 bits per heavy atom. The lowest BCUT2D eigenvalue weighted by Crippen LogP contribution is -2.07. The van der Waals surface area contributed by atoms with Crippen LogP contribution in [0, 0.1) is 0 Å². The zero-order valence-corrected chi connectivity index (χ0v) is 10.5. The number of pyridine rings is 1. The molecule has 0 aliphatic heterocycles. The molecule has 0 bridgehead atoms. The molecule has 3 aromatic rings. The molecule has 98 valence electrons. The van der Waals surface area contributed by atoms with Crippen LogP contribution in [0.1, 0.15) is 15.9 Å². The zero-order chi connectivity index (χ0) is 14.3. The highest BCUT2D eigenvalue weighted by molar-refractivity contribution is 6.15. The second kappa shape index (κ2) is 4.35. The van der Waals surface area contributed by atoms with Gasteiger partial charge in [0.05, 0.1) is 10.9 Å². The number of benzene rings is 2. The van der Waals surface area contributed by atoms with Crippen molar-refractivity contribution in [3.8, 4) is 0 Å². The molecule has 0 amide bonds. The summed E-state index contributed by atoms with van der Waals surface area (Å²) >= 11 is 0. The zero-order valence-electron chi connectivity index (χ0n) is 10.5. The molecule has 20 heavy (non-hydrogen) atoms. The van der Waals surface area contributed by atoms with E-state index >= 15 is 0 Å². The first-order valence-electron chi connectivity index (χ1n) is 6.05. The average Bonchev–Trinajstić information content (AvgIpc) is 2.45. The topological polar surface area (TPSA) is 70.2 Å². The third kappa shape index (κ3) is 1.70. The molecule has 0 saturated heterocycles. The van der Waals surface area contributed by atoms with E-state index in [9.17, 15) is 14.7 Å². The molecule has 0 unspecified atom stereocenters. The molecule has 0 saturated carbocycles. The van der Waals surface area contributed by atoms with E-state index in [1.807, 2.05) is 0 Å². The lowest BCUT2D eigenvalue weighted by Gasteiger charge is -2.08. The van der Waals surface area contributed by atoms with E-state index in [1.54, 1.807) is 30.3 Å². The summed E-state index contributed by atoms with van der Waals surface area (Å²) in [6, 6.07) is 8.50. The highest BCUT2D eigenvalue weighted by Gasteiger charge is 2.13. The van der Waals surface area contributed by atoms with Crippen LogP contribution >= 0.6 is 0 Å². The first-order valence-corrected chi connectivity index (χ1v) is 6.05. The van der Waals surface area contributed by atoms with Gasteiger partial charge in [-0.2, -0.15) is 0 Å². The Morgan fingerprint density at radius 3 is 2.70 bits per heavy atom. The second-order valence-electron chi connectivity index (χ2n) is 4.51. The minimum absolute atomic E-state index is 0.189.